The maximum Gasteiger partial charge on any atom is 0.301 e. The molecule has 0 bridgehead atoms. The maximum atomic E-state index is 12.1. The molecule has 6 heteroatoms. The fourth-order valence-corrected chi connectivity index (χ4v) is 2.96. The summed E-state index contributed by atoms with van der Waals surface area (Å²) in [5.74, 6) is 0. The van der Waals surface area contributed by atoms with E-state index in [2.05, 4.69) is 9.62 Å². The van der Waals surface area contributed by atoms with Gasteiger partial charge in [0.1, 0.15) is 0 Å². The normalized spacial score (nSPS) is 19.1. The van der Waals surface area contributed by atoms with Gasteiger partial charge in [0.25, 0.3) is 0 Å². The summed E-state index contributed by atoms with van der Waals surface area (Å²) in [5.41, 5.74) is 0.603. The van der Waals surface area contributed by atoms with Crippen molar-refractivity contribution in [1.29, 1.82) is 0 Å². The summed E-state index contributed by atoms with van der Waals surface area (Å²) >= 11 is 0. The molecule has 0 unspecified atom stereocenters. The Morgan fingerprint density at radius 1 is 1.06 bits per heavy atom. The zero-order valence-electron chi connectivity index (χ0n) is 9.83. The monoisotopic (exact) mass is 255 g/mol. The second-order valence-corrected chi connectivity index (χ2v) is 5.85. The zero-order valence-corrected chi connectivity index (χ0v) is 10.7. The standard InChI is InChI=1S/C11H17N3O2S/c1-13-7-9-14(10-8-13)17(15,16)12-11-5-3-2-4-6-11/h2-6,12H,7-10H2,1H3. The Bertz CT molecular complexity index is 453. The average molecular weight is 255 g/mol. The van der Waals surface area contributed by atoms with Crippen LogP contribution in [0, 0.1) is 0 Å². The lowest BCUT2D eigenvalue weighted by atomic mass is 10.3. The van der Waals surface area contributed by atoms with Crippen molar-refractivity contribution in [3.8, 4) is 0 Å². The van der Waals surface area contributed by atoms with Crippen LogP contribution >= 0.6 is 0 Å². The van der Waals surface area contributed by atoms with Gasteiger partial charge in [0, 0.05) is 31.9 Å². The van der Waals surface area contributed by atoms with Crippen molar-refractivity contribution in [3.05, 3.63) is 30.3 Å². The molecule has 5 nitrogen and oxygen atoms in total. The fraction of sp³-hybridized carbons (Fsp3) is 0.455. The minimum absolute atomic E-state index is 0.540. The quantitative estimate of drug-likeness (QED) is 0.860. The summed E-state index contributed by atoms with van der Waals surface area (Å²) in [6.07, 6.45) is 0. The molecule has 0 radical (unpaired) electrons. The van der Waals surface area contributed by atoms with Gasteiger partial charge in [-0.15, -0.1) is 0 Å². The SMILES string of the molecule is CN1CCN(S(=O)(=O)Nc2ccccc2)CC1. The van der Waals surface area contributed by atoms with E-state index in [-0.39, 0.29) is 0 Å². The van der Waals surface area contributed by atoms with Crippen LogP contribution in [0.3, 0.4) is 0 Å². The summed E-state index contributed by atoms with van der Waals surface area (Å²) in [7, 11) is -1.41. The van der Waals surface area contributed by atoms with Crippen molar-refractivity contribution >= 4 is 15.9 Å². The molecule has 1 saturated heterocycles. The molecule has 0 aromatic heterocycles. The number of nitrogens with one attached hydrogen (secondary N) is 1. The van der Waals surface area contributed by atoms with Crippen LogP contribution < -0.4 is 4.72 Å². The highest BCUT2D eigenvalue weighted by atomic mass is 32.2. The minimum atomic E-state index is -3.40. The average Bonchev–Trinajstić information content (AvgIpc) is 2.30. The van der Waals surface area contributed by atoms with E-state index in [0.29, 0.717) is 18.8 Å². The van der Waals surface area contributed by atoms with Crippen LogP contribution in [0.25, 0.3) is 0 Å². The Kier molecular flexibility index (Phi) is 3.66. The smallest absolute Gasteiger partial charge is 0.301 e. The highest BCUT2D eigenvalue weighted by Gasteiger charge is 2.25. The van der Waals surface area contributed by atoms with Crippen molar-refractivity contribution in [3.63, 3.8) is 0 Å². The van der Waals surface area contributed by atoms with E-state index >= 15 is 0 Å². The molecule has 94 valence electrons. The first-order valence-corrected chi connectivity index (χ1v) is 7.03. The number of hydrogen-bond acceptors (Lipinski definition) is 3. The summed E-state index contributed by atoms with van der Waals surface area (Å²) in [4.78, 5) is 2.12. The first kappa shape index (κ1) is 12.3. The Labute approximate surface area is 102 Å². The molecule has 0 atom stereocenters. The van der Waals surface area contributed by atoms with Gasteiger partial charge in [0.2, 0.25) is 0 Å². The molecule has 1 N–H and O–H groups in total. The highest BCUT2D eigenvalue weighted by molar-refractivity contribution is 7.90. The predicted octanol–water partition coefficient (Wildman–Crippen LogP) is 0.591. The molecule has 1 aromatic carbocycles. The molecular formula is C11H17N3O2S. The lowest BCUT2D eigenvalue weighted by molar-refractivity contribution is 0.223. The van der Waals surface area contributed by atoms with E-state index in [9.17, 15) is 8.42 Å². The first-order chi connectivity index (χ1) is 8.08. The molecule has 0 amide bonds. The number of rotatable bonds is 3. The largest absolute Gasteiger partial charge is 0.304 e. The number of anilines is 1. The van der Waals surface area contributed by atoms with E-state index < -0.39 is 10.2 Å². The molecule has 0 saturated carbocycles. The van der Waals surface area contributed by atoms with Crippen molar-refractivity contribution in [2.45, 2.75) is 0 Å². The van der Waals surface area contributed by atoms with Gasteiger partial charge in [-0.3, -0.25) is 4.72 Å². The number of likely N-dealkylation sites (N-methyl/N-ethyl adjacent to an activating group) is 1. The van der Waals surface area contributed by atoms with Gasteiger partial charge in [-0.1, -0.05) is 18.2 Å². The first-order valence-electron chi connectivity index (χ1n) is 5.59. The highest BCUT2D eigenvalue weighted by Crippen LogP contribution is 2.12. The molecule has 17 heavy (non-hydrogen) atoms. The lowest BCUT2D eigenvalue weighted by Gasteiger charge is -2.31. The number of piperazine rings is 1. The van der Waals surface area contributed by atoms with Crippen LogP contribution in [0.2, 0.25) is 0 Å². The van der Waals surface area contributed by atoms with Gasteiger partial charge in [-0.25, -0.2) is 0 Å². The van der Waals surface area contributed by atoms with Gasteiger partial charge >= 0.3 is 10.2 Å². The molecule has 1 aliphatic heterocycles. The van der Waals surface area contributed by atoms with E-state index in [0.717, 1.165) is 13.1 Å². The minimum Gasteiger partial charge on any atom is -0.304 e. The van der Waals surface area contributed by atoms with Crippen LogP contribution in [0.4, 0.5) is 5.69 Å². The van der Waals surface area contributed by atoms with Crippen LogP contribution in [-0.2, 0) is 10.2 Å². The van der Waals surface area contributed by atoms with Crippen LogP contribution in [0.5, 0.6) is 0 Å². The van der Waals surface area contributed by atoms with Gasteiger partial charge in [0.05, 0.1) is 0 Å². The number of para-hydroxylation sites is 1. The second kappa shape index (κ2) is 5.03. The Morgan fingerprint density at radius 3 is 2.24 bits per heavy atom. The zero-order chi connectivity index (χ0) is 12.3. The van der Waals surface area contributed by atoms with E-state index in [4.69, 9.17) is 0 Å². The Morgan fingerprint density at radius 2 is 1.65 bits per heavy atom. The Hall–Kier alpha value is -1.11. The van der Waals surface area contributed by atoms with Crippen LogP contribution in [0.15, 0.2) is 30.3 Å². The van der Waals surface area contributed by atoms with Gasteiger partial charge in [-0.2, -0.15) is 12.7 Å². The molecule has 1 aromatic rings. The van der Waals surface area contributed by atoms with Crippen molar-refractivity contribution in [2.24, 2.45) is 0 Å². The molecule has 1 fully saturated rings. The third-order valence-corrected chi connectivity index (χ3v) is 4.36. The van der Waals surface area contributed by atoms with Crippen molar-refractivity contribution in [1.82, 2.24) is 9.21 Å². The van der Waals surface area contributed by atoms with Crippen LogP contribution in [0.1, 0.15) is 0 Å². The maximum absolute atomic E-state index is 12.1. The van der Waals surface area contributed by atoms with Gasteiger partial charge < -0.3 is 4.90 Å². The second-order valence-electron chi connectivity index (χ2n) is 4.18. The van der Waals surface area contributed by atoms with Gasteiger partial charge in [0.15, 0.2) is 0 Å². The number of nitrogens with zero attached hydrogens (tertiary/aromatic N) is 2. The predicted molar refractivity (Wildman–Crippen MR) is 68.1 cm³/mol. The summed E-state index contributed by atoms with van der Waals surface area (Å²) in [5, 5.41) is 0. The summed E-state index contributed by atoms with van der Waals surface area (Å²) in [6.45, 7) is 2.63. The third-order valence-electron chi connectivity index (χ3n) is 2.82. The molecule has 0 aliphatic carbocycles. The number of benzene rings is 1. The van der Waals surface area contributed by atoms with E-state index in [1.165, 1.54) is 4.31 Å². The summed E-state index contributed by atoms with van der Waals surface area (Å²) in [6, 6.07) is 8.96. The van der Waals surface area contributed by atoms with Gasteiger partial charge in [-0.05, 0) is 19.2 Å². The fourth-order valence-electron chi connectivity index (χ4n) is 1.75. The number of hydrogen-bond donors (Lipinski definition) is 1. The lowest BCUT2D eigenvalue weighted by Crippen LogP contribution is -2.48. The van der Waals surface area contributed by atoms with E-state index in [1.807, 2.05) is 25.2 Å². The topological polar surface area (TPSA) is 52.7 Å². The van der Waals surface area contributed by atoms with Crippen molar-refractivity contribution in [2.75, 3.05) is 37.9 Å². The Balaban J connectivity index is 2.04. The third kappa shape index (κ3) is 3.18. The van der Waals surface area contributed by atoms with E-state index in [1.54, 1.807) is 12.1 Å². The molecule has 1 heterocycles. The molecular weight excluding hydrogens is 238 g/mol. The molecule has 0 spiro atoms. The van der Waals surface area contributed by atoms with Crippen molar-refractivity contribution < 1.29 is 8.42 Å². The molecule has 2 rings (SSSR count). The summed E-state index contributed by atoms with van der Waals surface area (Å²) < 4.78 is 28.2. The molecule has 1 aliphatic rings. The van der Waals surface area contributed by atoms with Crippen LogP contribution in [-0.4, -0.2) is 50.8 Å².